The molecule has 1 unspecified atom stereocenters. The zero-order valence-corrected chi connectivity index (χ0v) is 13.7. The van der Waals surface area contributed by atoms with Crippen LogP contribution >= 0.6 is 15.9 Å². The predicted octanol–water partition coefficient (Wildman–Crippen LogP) is 3.91. The van der Waals surface area contributed by atoms with Crippen molar-refractivity contribution in [3.05, 3.63) is 28.7 Å². The molecular formula is C16H22BrNO2. The average Bonchev–Trinajstić information content (AvgIpc) is 2.68. The molecule has 1 fully saturated rings. The highest BCUT2D eigenvalue weighted by atomic mass is 79.9. The van der Waals surface area contributed by atoms with Crippen LogP contribution in [0.3, 0.4) is 0 Å². The lowest BCUT2D eigenvalue weighted by Gasteiger charge is -2.17. The van der Waals surface area contributed by atoms with Crippen LogP contribution in [0.4, 0.5) is 0 Å². The molecule has 1 aliphatic rings. The normalized spacial score (nSPS) is 20.6. The lowest BCUT2D eigenvalue weighted by atomic mass is 9.92. The molecule has 1 aromatic carbocycles. The Hall–Kier alpha value is -1.03. The maximum Gasteiger partial charge on any atom is 0.223 e. The third-order valence-corrected chi connectivity index (χ3v) is 4.22. The van der Waals surface area contributed by atoms with Gasteiger partial charge < -0.3 is 10.1 Å². The maximum absolute atomic E-state index is 11.9. The van der Waals surface area contributed by atoms with Gasteiger partial charge in [0.1, 0.15) is 5.75 Å². The summed E-state index contributed by atoms with van der Waals surface area (Å²) in [5, 5.41) is 3.10. The standard InChI is InChI=1S/C16H22BrNO2/c1-16(2)8-6-13(11-16)18-15(19)7-9-20-14-5-3-4-12(17)10-14/h3-5,10,13H,6-9,11H2,1-2H3,(H,18,19). The van der Waals surface area contributed by atoms with Crippen molar-refractivity contribution in [1.82, 2.24) is 5.32 Å². The van der Waals surface area contributed by atoms with Gasteiger partial charge in [0, 0.05) is 10.5 Å². The highest BCUT2D eigenvalue weighted by Crippen LogP contribution is 2.36. The number of carbonyl (C=O) groups is 1. The molecule has 3 nitrogen and oxygen atoms in total. The van der Waals surface area contributed by atoms with Gasteiger partial charge in [-0.1, -0.05) is 35.8 Å². The summed E-state index contributed by atoms with van der Waals surface area (Å²) in [6.45, 7) is 4.93. The topological polar surface area (TPSA) is 38.3 Å². The summed E-state index contributed by atoms with van der Waals surface area (Å²) >= 11 is 3.39. The van der Waals surface area contributed by atoms with E-state index in [1.54, 1.807) is 0 Å². The number of amides is 1. The van der Waals surface area contributed by atoms with Crippen LogP contribution in [0.5, 0.6) is 5.75 Å². The number of nitrogens with one attached hydrogen (secondary N) is 1. The van der Waals surface area contributed by atoms with Gasteiger partial charge in [0.05, 0.1) is 13.0 Å². The molecular weight excluding hydrogens is 318 g/mol. The summed E-state index contributed by atoms with van der Waals surface area (Å²) in [5.41, 5.74) is 0.366. The van der Waals surface area contributed by atoms with Crippen molar-refractivity contribution in [1.29, 1.82) is 0 Å². The number of halogens is 1. The largest absolute Gasteiger partial charge is 0.493 e. The molecule has 0 saturated heterocycles. The molecule has 20 heavy (non-hydrogen) atoms. The van der Waals surface area contributed by atoms with Crippen molar-refractivity contribution < 1.29 is 9.53 Å². The van der Waals surface area contributed by atoms with Crippen LogP contribution in [-0.4, -0.2) is 18.6 Å². The second kappa shape index (κ2) is 6.61. The highest BCUT2D eigenvalue weighted by molar-refractivity contribution is 9.10. The van der Waals surface area contributed by atoms with E-state index in [1.807, 2.05) is 24.3 Å². The number of benzene rings is 1. The smallest absolute Gasteiger partial charge is 0.223 e. The fraction of sp³-hybridized carbons (Fsp3) is 0.562. The molecule has 1 aliphatic carbocycles. The number of rotatable bonds is 5. The Morgan fingerprint density at radius 2 is 2.30 bits per heavy atom. The summed E-state index contributed by atoms with van der Waals surface area (Å²) in [4.78, 5) is 11.9. The van der Waals surface area contributed by atoms with Crippen molar-refractivity contribution in [2.75, 3.05) is 6.61 Å². The molecule has 0 heterocycles. The Morgan fingerprint density at radius 3 is 2.95 bits per heavy atom. The molecule has 4 heteroatoms. The van der Waals surface area contributed by atoms with Gasteiger partial charge in [0.25, 0.3) is 0 Å². The zero-order chi connectivity index (χ0) is 14.6. The van der Waals surface area contributed by atoms with Crippen molar-refractivity contribution >= 4 is 21.8 Å². The fourth-order valence-corrected chi connectivity index (χ4v) is 3.06. The number of ether oxygens (including phenoxy) is 1. The van der Waals surface area contributed by atoms with E-state index < -0.39 is 0 Å². The molecule has 1 aromatic rings. The van der Waals surface area contributed by atoms with Gasteiger partial charge in [-0.05, 0) is 42.9 Å². The lowest BCUT2D eigenvalue weighted by molar-refractivity contribution is -0.122. The Balaban J connectivity index is 1.68. The van der Waals surface area contributed by atoms with E-state index in [0.29, 0.717) is 24.5 Å². The molecule has 0 aromatic heterocycles. The van der Waals surface area contributed by atoms with Crippen LogP contribution in [-0.2, 0) is 4.79 Å². The van der Waals surface area contributed by atoms with E-state index >= 15 is 0 Å². The van der Waals surface area contributed by atoms with E-state index in [1.165, 1.54) is 6.42 Å². The maximum atomic E-state index is 11.9. The minimum Gasteiger partial charge on any atom is -0.493 e. The molecule has 1 saturated carbocycles. The number of hydrogen-bond donors (Lipinski definition) is 1. The molecule has 1 N–H and O–H groups in total. The third kappa shape index (κ3) is 4.82. The van der Waals surface area contributed by atoms with Crippen molar-refractivity contribution in [2.45, 2.75) is 45.6 Å². The van der Waals surface area contributed by atoms with E-state index in [2.05, 4.69) is 35.1 Å². The van der Waals surface area contributed by atoms with Gasteiger partial charge in [-0.2, -0.15) is 0 Å². The molecule has 0 bridgehead atoms. The third-order valence-electron chi connectivity index (χ3n) is 3.73. The monoisotopic (exact) mass is 339 g/mol. The van der Waals surface area contributed by atoms with Crippen molar-refractivity contribution in [3.8, 4) is 5.75 Å². The van der Waals surface area contributed by atoms with E-state index in [-0.39, 0.29) is 5.91 Å². The Kier molecular flexibility index (Phi) is 5.08. The average molecular weight is 340 g/mol. The quantitative estimate of drug-likeness (QED) is 0.882. The Morgan fingerprint density at radius 1 is 1.50 bits per heavy atom. The highest BCUT2D eigenvalue weighted by Gasteiger charge is 2.31. The number of hydrogen-bond acceptors (Lipinski definition) is 2. The van der Waals surface area contributed by atoms with Gasteiger partial charge in [-0.25, -0.2) is 0 Å². The van der Waals surface area contributed by atoms with Crippen molar-refractivity contribution in [2.24, 2.45) is 5.41 Å². The van der Waals surface area contributed by atoms with E-state index in [0.717, 1.165) is 23.1 Å². The van der Waals surface area contributed by atoms with Crippen LogP contribution in [0.15, 0.2) is 28.7 Å². The van der Waals surface area contributed by atoms with Crippen LogP contribution in [0.25, 0.3) is 0 Å². The second-order valence-corrected chi connectivity index (χ2v) is 7.14. The van der Waals surface area contributed by atoms with Crippen LogP contribution in [0, 0.1) is 5.41 Å². The number of carbonyl (C=O) groups excluding carboxylic acids is 1. The Labute approximate surface area is 129 Å². The minimum atomic E-state index is 0.0858. The van der Waals surface area contributed by atoms with Gasteiger partial charge in [-0.3, -0.25) is 4.79 Å². The SMILES string of the molecule is CC1(C)CCC(NC(=O)CCOc2cccc(Br)c2)C1. The van der Waals surface area contributed by atoms with Crippen LogP contribution in [0.2, 0.25) is 0 Å². The van der Waals surface area contributed by atoms with Crippen molar-refractivity contribution in [3.63, 3.8) is 0 Å². The van der Waals surface area contributed by atoms with E-state index in [9.17, 15) is 4.79 Å². The molecule has 110 valence electrons. The first-order valence-electron chi connectivity index (χ1n) is 7.12. The van der Waals surface area contributed by atoms with Gasteiger partial charge >= 0.3 is 0 Å². The minimum absolute atomic E-state index is 0.0858. The molecule has 2 rings (SSSR count). The molecule has 1 amide bonds. The molecule has 1 atom stereocenters. The summed E-state index contributed by atoms with van der Waals surface area (Å²) in [5.74, 6) is 0.872. The first-order chi connectivity index (χ1) is 9.44. The summed E-state index contributed by atoms with van der Waals surface area (Å²) in [6.07, 6.45) is 3.76. The fourth-order valence-electron chi connectivity index (χ4n) is 2.68. The predicted molar refractivity (Wildman–Crippen MR) is 83.8 cm³/mol. The second-order valence-electron chi connectivity index (χ2n) is 6.23. The summed E-state index contributed by atoms with van der Waals surface area (Å²) < 4.78 is 6.55. The summed E-state index contributed by atoms with van der Waals surface area (Å²) in [6, 6.07) is 7.99. The van der Waals surface area contributed by atoms with Crippen LogP contribution < -0.4 is 10.1 Å². The first-order valence-corrected chi connectivity index (χ1v) is 7.92. The van der Waals surface area contributed by atoms with Gasteiger partial charge in [0.2, 0.25) is 5.91 Å². The Bertz CT molecular complexity index is 473. The van der Waals surface area contributed by atoms with Crippen LogP contribution in [0.1, 0.15) is 39.5 Å². The summed E-state index contributed by atoms with van der Waals surface area (Å²) in [7, 11) is 0. The molecule has 0 spiro atoms. The van der Waals surface area contributed by atoms with Gasteiger partial charge in [-0.15, -0.1) is 0 Å². The first kappa shape index (κ1) is 15.4. The zero-order valence-electron chi connectivity index (χ0n) is 12.1. The lowest BCUT2D eigenvalue weighted by Crippen LogP contribution is -2.34. The van der Waals surface area contributed by atoms with Gasteiger partial charge in [0.15, 0.2) is 0 Å². The molecule has 0 aliphatic heterocycles. The van der Waals surface area contributed by atoms with E-state index in [4.69, 9.17) is 4.74 Å². The molecule has 0 radical (unpaired) electrons.